The van der Waals surface area contributed by atoms with E-state index < -0.39 is 12.2 Å². The van der Waals surface area contributed by atoms with Crippen molar-refractivity contribution in [3.8, 4) is 0 Å². The number of aliphatic hydroxyl groups excluding tert-OH is 3. The Kier molecular flexibility index (Phi) is 19.9. The first-order chi connectivity index (χ1) is 20.3. The van der Waals surface area contributed by atoms with E-state index in [0.29, 0.717) is 19.3 Å². The number of aliphatic hydroxyl groups is 3. The molecule has 0 saturated carbocycles. The second-order valence-electron chi connectivity index (χ2n) is 13.4. The van der Waals surface area contributed by atoms with Crippen molar-refractivity contribution in [3.63, 3.8) is 0 Å². The molecule has 2 rings (SSSR count). The van der Waals surface area contributed by atoms with Crippen molar-refractivity contribution in [1.29, 1.82) is 0 Å². The van der Waals surface area contributed by atoms with Crippen LogP contribution in [0.3, 0.4) is 0 Å². The predicted molar refractivity (Wildman–Crippen MR) is 167 cm³/mol. The maximum Gasteiger partial charge on any atom is 0.309 e. The molecule has 3 N–H and O–H groups in total. The van der Waals surface area contributed by atoms with Gasteiger partial charge in [0, 0.05) is 6.42 Å². The topological polar surface area (TPSA) is 113 Å². The number of unbranched alkanes of at least 4 members (excludes halogenated alkanes) is 12. The van der Waals surface area contributed by atoms with Gasteiger partial charge in [0.1, 0.15) is 11.9 Å². The Labute approximate surface area is 256 Å². The molecule has 7 nitrogen and oxygen atoms in total. The van der Waals surface area contributed by atoms with Gasteiger partial charge in [-0.05, 0) is 64.7 Å². The van der Waals surface area contributed by atoms with Crippen LogP contribution in [0.2, 0.25) is 0 Å². The molecule has 2 fully saturated rings. The second kappa shape index (κ2) is 22.5. The van der Waals surface area contributed by atoms with Crippen molar-refractivity contribution < 1.29 is 34.4 Å². The van der Waals surface area contributed by atoms with E-state index in [9.17, 15) is 24.9 Å². The van der Waals surface area contributed by atoms with Crippen molar-refractivity contribution in [1.82, 2.24) is 0 Å². The van der Waals surface area contributed by atoms with E-state index in [-0.39, 0.29) is 42.1 Å². The molecule has 42 heavy (non-hydrogen) atoms. The minimum atomic E-state index is -0.469. The summed E-state index contributed by atoms with van der Waals surface area (Å²) in [7, 11) is 0. The Morgan fingerprint density at radius 2 is 1.21 bits per heavy atom. The molecule has 7 atom stereocenters. The monoisotopic (exact) mass is 596 g/mol. The van der Waals surface area contributed by atoms with Gasteiger partial charge in [0.25, 0.3) is 0 Å². The van der Waals surface area contributed by atoms with E-state index in [0.717, 1.165) is 89.9 Å². The molecule has 2 heterocycles. The zero-order valence-electron chi connectivity index (χ0n) is 27.0. The van der Waals surface area contributed by atoms with Crippen molar-refractivity contribution in [2.45, 2.75) is 205 Å². The van der Waals surface area contributed by atoms with Crippen LogP contribution < -0.4 is 0 Å². The van der Waals surface area contributed by atoms with Gasteiger partial charge in [-0.1, -0.05) is 96.8 Å². The number of hydrogen-bond acceptors (Lipinski definition) is 7. The standard InChI is InChI=1S/C35H64O7/c1-3-4-5-6-7-8-9-16-21-31(38)33-23-24-34(42-33)32(39)22-17-12-14-19-29(37)18-13-10-11-15-20-30-26-28(25-27(2)36)35(40)41-30/h28-34,37-39H,3-26H2,1-2H3/t28?,29?,30-,31?,32?,33?,34?/m0/s1. The highest BCUT2D eigenvalue weighted by molar-refractivity contribution is 5.83. The Balaban J connectivity index is 1.40. The summed E-state index contributed by atoms with van der Waals surface area (Å²) in [6.07, 6.45) is 22.3. The Morgan fingerprint density at radius 3 is 1.76 bits per heavy atom. The smallest absolute Gasteiger partial charge is 0.309 e. The molecule has 2 saturated heterocycles. The lowest BCUT2D eigenvalue weighted by molar-refractivity contribution is -0.145. The van der Waals surface area contributed by atoms with Gasteiger partial charge in [-0.25, -0.2) is 0 Å². The van der Waals surface area contributed by atoms with Gasteiger partial charge in [0.2, 0.25) is 0 Å². The molecule has 7 heteroatoms. The third kappa shape index (κ3) is 16.2. The van der Waals surface area contributed by atoms with E-state index in [1.165, 1.54) is 51.9 Å². The fourth-order valence-corrected chi connectivity index (χ4v) is 6.69. The zero-order chi connectivity index (χ0) is 30.6. The summed E-state index contributed by atoms with van der Waals surface area (Å²) in [6, 6.07) is 0. The van der Waals surface area contributed by atoms with Crippen molar-refractivity contribution in [2.75, 3.05) is 0 Å². The highest BCUT2D eigenvalue weighted by Crippen LogP contribution is 2.29. The summed E-state index contributed by atoms with van der Waals surface area (Å²) in [5.74, 6) is -0.419. The molecule has 2 aliphatic rings. The lowest BCUT2D eigenvalue weighted by atomic mass is 9.96. The fourth-order valence-electron chi connectivity index (χ4n) is 6.69. The molecular weight excluding hydrogens is 532 g/mol. The van der Waals surface area contributed by atoms with E-state index in [1.54, 1.807) is 0 Å². The Morgan fingerprint density at radius 1 is 0.738 bits per heavy atom. The molecule has 2 aliphatic heterocycles. The Hall–Kier alpha value is -1.02. The number of rotatable bonds is 26. The van der Waals surface area contributed by atoms with Gasteiger partial charge in [-0.3, -0.25) is 4.79 Å². The van der Waals surface area contributed by atoms with Crippen LogP contribution in [0.15, 0.2) is 0 Å². The molecule has 0 aliphatic carbocycles. The number of ether oxygens (including phenoxy) is 2. The molecule has 0 radical (unpaired) electrons. The average molecular weight is 597 g/mol. The quantitative estimate of drug-likeness (QED) is 0.0707. The fraction of sp³-hybridized carbons (Fsp3) is 0.943. The first-order valence-electron chi connectivity index (χ1n) is 17.7. The first-order valence-corrected chi connectivity index (χ1v) is 17.7. The van der Waals surface area contributed by atoms with Crippen molar-refractivity contribution >= 4 is 11.8 Å². The van der Waals surface area contributed by atoms with Crippen molar-refractivity contribution in [3.05, 3.63) is 0 Å². The lowest BCUT2D eigenvalue weighted by Gasteiger charge is -2.22. The van der Waals surface area contributed by atoms with Gasteiger partial charge in [-0.15, -0.1) is 0 Å². The molecule has 6 unspecified atom stereocenters. The number of cyclic esters (lactones) is 1. The number of carbonyl (C=O) groups excluding carboxylic acids is 2. The maximum atomic E-state index is 11.8. The average Bonchev–Trinajstić information content (AvgIpc) is 3.58. The van der Waals surface area contributed by atoms with E-state index in [1.807, 2.05) is 0 Å². The molecular formula is C35H64O7. The number of Topliss-reactive ketones (excluding diaryl/α,β-unsaturated/α-hetero) is 1. The molecule has 246 valence electrons. The van der Waals surface area contributed by atoms with Crippen LogP contribution in [0.1, 0.15) is 168 Å². The largest absolute Gasteiger partial charge is 0.462 e. The maximum absolute atomic E-state index is 11.8. The number of hydrogen-bond donors (Lipinski definition) is 3. The van der Waals surface area contributed by atoms with E-state index in [2.05, 4.69) is 6.92 Å². The van der Waals surface area contributed by atoms with E-state index >= 15 is 0 Å². The van der Waals surface area contributed by atoms with Crippen LogP contribution in [0, 0.1) is 5.92 Å². The van der Waals surface area contributed by atoms with Crippen LogP contribution in [0.5, 0.6) is 0 Å². The van der Waals surface area contributed by atoms with E-state index in [4.69, 9.17) is 9.47 Å². The van der Waals surface area contributed by atoms with Gasteiger partial charge >= 0.3 is 5.97 Å². The number of ketones is 1. The van der Waals surface area contributed by atoms with Crippen LogP contribution in [0.4, 0.5) is 0 Å². The summed E-state index contributed by atoms with van der Waals surface area (Å²) in [5, 5.41) is 31.5. The summed E-state index contributed by atoms with van der Waals surface area (Å²) in [4.78, 5) is 23.1. The minimum Gasteiger partial charge on any atom is -0.462 e. The highest BCUT2D eigenvalue weighted by Gasteiger charge is 2.35. The highest BCUT2D eigenvalue weighted by atomic mass is 16.6. The molecule has 0 spiro atoms. The van der Waals surface area contributed by atoms with Crippen molar-refractivity contribution in [2.24, 2.45) is 5.92 Å². The van der Waals surface area contributed by atoms with Gasteiger partial charge in [0.15, 0.2) is 0 Å². The SMILES string of the molecule is CCCCCCCCCCC(O)C1CCC(C(O)CCCCCC(O)CCCCCC[C@H]2CC(CC(C)=O)C(=O)O2)O1. The Bertz CT molecular complexity index is 713. The third-order valence-corrected chi connectivity index (χ3v) is 9.35. The summed E-state index contributed by atoms with van der Waals surface area (Å²) < 4.78 is 11.5. The zero-order valence-corrected chi connectivity index (χ0v) is 27.0. The summed E-state index contributed by atoms with van der Waals surface area (Å²) in [6.45, 7) is 3.76. The molecule has 0 aromatic heterocycles. The second-order valence-corrected chi connectivity index (χ2v) is 13.4. The minimum absolute atomic E-state index is 0.0382. The third-order valence-electron chi connectivity index (χ3n) is 9.35. The van der Waals surface area contributed by atoms with Crippen LogP contribution in [-0.4, -0.2) is 63.7 Å². The van der Waals surface area contributed by atoms with Gasteiger partial charge in [-0.2, -0.15) is 0 Å². The first kappa shape index (κ1) is 37.2. The molecule has 0 aromatic rings. The number of carbonyl (C=O) groups is 2. The van der Waals surface area contributed by atoms with Crippen LogP contribution >= 0.6 is 0 Å². The summed E-state index contributed by atoms with van der Waals surface area (Å²) in [5.41, 5.74) is 0. The van der Waals surface area contributed by atoms with Crippen LogP contribution in [-0.2, 0) is 19.1 Å². The lowest BCUT2D eigenvalue weighted by Crippen LogP contribution is -2.31. The predicted octanol–water partition coefficient (Wildman–Crippen LogP) is 7.35. The molecule has 0 aromatic carbocycles. The van der Waals surface area contributed by atoms with Crippen LogP contribution in [0.25, 0.3) is 0 Å². The molecule has 0 amide bonds. The molecule has 0 bridgehead atoms. The number of esters is 1. The van der Waals surface area contributed by atoms with Gasteiger partial charge < -0.3 is 29.6 Å². The summed E-state index contributed by atoms with van der Waals surface area (Å²) >= 11 is 0. The van der Waals surface area contributed by atoms with Gasteiger partial charge in [0.05, 0.1) is 36.4 Å². The normalized spacial score (nSPS) is 24.5.